The molecule has 1 atom stereocenters. The quantitative estimate of drug-likeness (QED) is 0.916. The van der Waals surface area contributed by atoms with Gasteiger partial charge in [-0.25, -0.2) is 8.42 Å². The molecule has 2 aromatic rings. The van der Waals surface area contributed by atoms with Crippen LogP contribution >= 0.6 is 0 Å². The number of fused-ring (bicyclic) bond motifs is 1. The molecule has 0 saturated carbocycles. The fraction of sp³-hybridized carbons (Fsp3) is 0.312. The average Bonchev–Trinajstić information content (AvgIpc) is 2.98. The van der Waals surface area contributed by atoms with E-state index in [9.17, 15) is 13.2 Å². The van der Waals surface area contributed by atoms with Crippen molar-refractivity contribution < 1.29 is 17.9 Å². The molecule has 3 rings (SSSR count). The maximum Gasteiger partial charge on any atom is 0.243 e. The maximum atomic E-state index is 12.8. The van der Waals surface area contributed by atoms with Crippen molar-refractivity contribution >= 4 is 26.7 Å². The van der Waals surface area contributed by atoms with Gasteiger partial charge in [-0.2, -0.15) is 4.31 Å². The Morgan fingerprint density at radius 2 is 1.91 bits per heavy atom. The normalized spacial score (nSPS) is 18.4. The van der Waals surface area contributed by atoms with Gasteiger partial charge in [-0.05, 0) is 41.5 Å². The van der Waals surface area contributed by atoms with Gasteiger partial charge in [0.2, 0.25) is 15.9 Å². The lowest BCUT2D eigenvalue weighted by Crippen LogP contribution is -2.41. The first-order valence-electron chi connectivity index (χ1n) is 7.27. The van der Waals surface area contributed by atoms with Crippen LogP contribution in [0.1, 0.15) is 6.42 Å². The van der Waals surface area contributed by atoms with Crippen LogP contribution in [-0.4, -0.2) is 45.4 Å². The smallest absolute Gasteiger partial charge is 0.243 e. The molecule has 7 heteroatoms. The van der Waals surface area contributed by atoms with Crippen LogP contribution in [0.5, 0.6) is 5.75 Å². The molecule has 23 heavy (non-hydrogen) atoms. The van der Waals surface area contributed by atoms with E-state index in [0.29, 0.717) is 18.7 Å². The molecule has 0 bridgehead atoms. The van der Waals surface area contributed by atoms with E-state index < -0.39 is 16.1 Å². The predicted molar refractivity (Wildman–Crippen MR) is 86.9 cm³/mol. The average molecular weight is 334 g/mol. The molecule has 0 aliphatic carbocycles. The minimum atomic E-state index is -3.73. The summed E-state index contributed by atoms with van der Waals surface area (Å²) in [6.45, 7) is 0.498. The molecule has 1 aliphatic heterocycles. The van der Waals surface area contributed by atoms with E-state index in [-0.39, 0.29) is 10.8 Å². The molecule has 0 unspecified atom stereocenters. The highest BCUT2D eigenvalue weighted by atomic mass is 32.2. The topological polar surface area (TPSA) is 75.7 Å². The lowest BCUT2D eigenvalue weighted by atomic mass is 10.1. The first-order chi connectivity index (χ1) is 10.9. The Morgan fingerprint density at radius 3 is 2.57 bits per heavy atom. The second kappa shape index (κ2) is 5.82. The Labute approximate surface area is 135 Å². The van der Waals surface area contributed by atoms with Crippen LogP contribution < -0.4 is 10.1 Å². The minimum absolute atomic E-state index is 0.167. The lowest BCUT2D eigenvalue weighted by Gasteiger charge is -2.22. The summed E-state index contributed by atoms with van der Waals surface area (Å²) in [5, 5.41) is 4.35. The molecule has 2 aromatic carbocycles. The van der Waals surface area contributed by atoms with Crippen LogP contribution in [0.4, 0.5) is 0 Å². The van der Waals surface area contributed by atoms with Crippen molar-refractivity contribution in [1.82, 2.24) is 9.62 Å². The number of carbonyl (C=O) groups excluding carboxylic acids is 1. The highest BCUT2D eigenvalue weighted by Gasteiger charge is 2.35. The van der Waals surface area contributed by atoms with Gasteiger partial charge < -0.3 is 10.1 Å². The molecule has 1 N–H and O–H groups in total. The SMILES string of the molecule is COc1ccc2ccc(S(=O)(=O)N(C)[C@H]3CCNC3=O)cc2c1. The van der Waals surface area contributed by atoms with E-state index in [1.54, 1.807) is 31.4 Å². The summed E-state index contributed by atoms with van der Waals surface area (Å²) in [4.78, 5) is 11.9. The van der Waals surface area contributed by atoms with Gasteiger partial charge in [0, 0.05) is 13.6 Å². The zero-order valence-corrected chi connectivity index (χ0v) is 13.8. The standard InChI is InChI=1S/C16H18N2O4S/c1-18(15-7-8-17-16(15)19)23(20,21)14-6-4-11-3-5-13(22-2)9-12(11)10-14/h3-6,9-10,15H,7-8H2,1-2H3,(H,17,19)/t15-/m0/s1. The summed E-state index contributed by atoms with van der Waals surface area (Å²) in [6, 6.07) is 9.76. The lowest BCUT2D eigenvalue weighted by molar-refractivity contribution is -0.122. The molecule has 1 heterocycles. The van der Waals surface area contributed by atoms with Crippen molar-refractivity contribution in [3.8, 4) is 5.75 Å². The Bertz CT molecular complexity index is 864. The van der Waals surface area contributed by atoms with Gasteiger partial charge in [-0.1, -0.05) is 12.1 Å². The number of sulfonamides is 1. The monoisotopic (exact) mass is 334 g/mol. The molecule has 1 saturated heterocycles. The van der Waals surface area contributed by atoms with Crippen LogP contribution in [-0.2, 0) is 14.8 Å². The summed E-state index contributed by atoms with van der Waals surface area (Å²) in [5.41, 5.74) is 0. The maximum absolute atomic E-state index is 12.8. The number of hydrogen-bond donors (Lipinski definition) is 1. The largest absolute Gasteiger partial charge is 0.497 e. The Balaban J connectivity index is 2.02. The summed E-state index contributed by atoms with van der Waals surface area (Å²) in [5.74, 6) is 0.411. The molecular formula is C16H18N2O4S. The van der Waals surface area contributed by atoms with Gasteiger partial charge in [-0.3, -0.25) is 4.79 Å². The third kappa shape index (κ3) is 2.77. The molecule has 0 spiro atoms. The van der Waals surface area contributed by atoms with Crippen molar-refractivity contribution in [3.05, 3.63) is 36.4 Å². The summed E-state index contributed by atoms with van der Waals surface area (Å²) in [6.07, 6.45) is 0.482. The molecule has 1 fully saturated rings. The summed E-state index contributed by atoms with van der Waals surface area (Å²) in [7, 11) is -0.726. The van der Waals surface area contributed by atoms with E-state index >= 15 is 0 Å². The number of nitrogens with zero attached hydrogens (tertiary/aromatic N) is 1. The highest BCUT2D eigenvalue weighted by Crippen LogP contribution is 2.26. The number of hydrogen-bond acceptors (Lipinski definition) is 4. The third-order valence-electron chi connectivity index (χ3n) is 4.15. The number of ether oxygens (including phenoxy) is 1. The number of benzene rings is 2. The molecular weight excluding hydrogens is 316 g/mol. The third-order valence-corrected chi connectivity index (χ3v) is 6.02. The van der Waals surface area contributed by atoms with E-state index in [4.69, 9.17) is 4.74 Å². The van der Waals surface area contributed by atoms with Crippen molar-refractivity contribution in [1.29, 1.82) is 0 Å². The zero-order chi connectivity index (χ0) is 16.6. The summed E-state index contributed by atoms with van der Waals surface area (Å²) < 4.78 is 31.9. The van der Waals surface area contributed by atoms with Crippen LogP contribution in [0.3, 0.4) is 0 Å². The van der Waals surface area contributed by atoms with E-state index in [1.807, 2.05) is 12.1 Å². The molecule has 0 aromatic heterocycles. The fourth-order valence-electron chi connectivity index (χ4n) is 2.75. The van der Waals surface area contributed by atoms with E-state index in [0.717, 1.165) is 15.1 Å². The zero-order valence-electron chi connectivity index (χ0n) is 12.9. The molecule has 1 aliphatic rings. The van der Waals surface area contributed by atoms with Crippen LogP contribution in [0.2, 0.25) is 0 Å². The van der Waals surface area contributed by atoms with Crippen molar-refractivity contribution in [2.24, 2.45) is 0 Å². The van der Waals surface area contributed by atoms with Gasteiger partial charge in [0.15, 0.2) is 0 Å². The number of likely N-dealkylation sites (N-methyl/N-ethyl adjacent to an activating group) is 1. The number of methoxy groups -OCH3 is 1. The molecule has 6 nitrogen and oxygen atoms in total. The first-order valence-corrected chi connectivity index (χ1v) is 8.71. The van der Waals surface area contributed by atoms with Crippen LogP contribution in [0, 0.1) is 0 Å². The van der Waals surface area contributed by atoms with Crippen molar-refractivity contribution in [2.45, 2.75) is 17.4 Å². The van der Waals surface area contributed by atoms with E-state index in [2.05, 4.69) is 5.32 Å². The van der Waals surface area contributed by atoms with Gasteiger partial charge >= 0.3 is 0 Å². The number of carbonyl (C=O) groups is 1. The Hall–Kier alpha value is -2.12. The number of rotatable bonds is 4. The predicted octanol–water partition coefficient (Wildman–Crippen LogP) is 1.36. The van der Waals surface area contributed by atoms with Crippen molar-refractivity contribution in [2.75, 3.05) is 20.7 Å². The van der Waals surface area contributed by atoms with Crippen LogP contribution in [0.15, 0.2) is 41.3 Å². The van der Waals surface area contributed by atoms with Gasteiger partial charge in [-0.15, -0.1) is 0 Å². The van der Waals surface area contributed by atoms with Gasteiger partial charge in [0.1, 0.15) is 11.8 Å². The second-order valence-corrected chi connectivity index (χ2v) is 7.49. The highest BCUT2D eigenvalue weighted by molar-refractivity contribution is 7.89. The number of amides is 1. The van der Waals surface area contributed by atoms with Gasteiger partial charge in [0.25, 0.3) is 0 Å². The fourth-order valence-corrected chi connectivity index (χ4v) is 4.14. The Morgan fingerprint density at radius 1 is 1.17 bits per heavy atom. The minimum Gasteiger partial charge on any atom is -0.497 e. The number of nitrogens with one attached hydrogen (secondary N) is 1. The first kappa shape index (κ1) is 15.8. The molecule has 0 radical (unpaired) electrons. The molecule has 122 valence electrons. The Kier molecular flexibility index (Phi) is 3.99. The van der Waals surface area contributed by atoms with E-state index in [1.165, 1.54) is 7.05 Å². The second-order valence-electron chi connectivity index (χ2n) is 5.49. The summed E-state index contributed by atoms with van der Waals surface area (Å²) >= 11 is 0. The van der Waals surface area contributed by atoms with Gasteiger partial charge in [0.05, 0.1) is 12.0 Å². The van der Waals surface area contributed by atoms with Crippen LogP contribution in [0.25, 0.3) is 10.8 Å². The van der Waals surface area contributed by atoms with Crippen molar-refractivity contribution in [3.63, 3.8) is 0 Å². The molecule has 1 amide bonds.